The van der Waals surface area contributed by atoms with Crippen molar-refractivity contribution in [3.63, 3.8) is 0 Å². The highest BCUT2D eigenvalue weighted by molar-refractivity contribution is 7.89. The smallest absolute Gasteiger partial charge is 0.249 e. The van der Waals surface area contributed by atoms with E-state index < -0.39 is 36.6 Å². The van der Waals surface area contributed by atoms with Crippen molar-refractivity contribution in [3.8, 4) is 0 Å². The van der Waals surface area contributed by atoms with Crippen molar-refractivity contribution in [2.24, 2.45) is 0 Å². The zero-order valence-corrected chi connectivity index (χ0v) is 19.5. The van der Waals surface area contributed by atoms with Gasteiger partial charge in [-0.25, -0.2) is 35.3 Å². The average Bonchev–Trinajstić information content (AvgIpc) is 2.73. The molecule has 12 heteroatoms. The van der Waals surface area contributed by atoms with E-state index in [4.69, 9.17) is 0 Å². The minimum Gasteiger partial charge on any atom is -0.354 e. The number of rotatable bonds is 8. The van der Waals surface area contributed by atoms with Gasteiger partial charge in [0.2, 0.25) is 20.0 Å². The molecule has 3 rings (SSSR count). The Morgan fingerprint density at radius 3 is 2.19 bits per heavy atom. The molecule has 1 fully saturated rings. The fourth-order valence-corrected chi connectivity index (χ4v) is 6.31. The van der Waals surface area contributed by atoms with Gasteiger partial charge in [0, 0.05) is 38.4 Å². The minimum atomic E-state index is -4.32. The second-order valence-electron chi connectivity index (χ2n) is 7.61. The first-order valence-corrected chi connectivity index (χ1v) is 13.2. The van der Waals surface area contributed by atoms with E-state index in [1.807, 2.05) is 6.92 Å². The van der Waals surface area contributed by atoms with Crippen LogP contribution in [-0.4, -0.2) is 58.3 Å². The lowest BCUT2D eigenvalue weighted by molar-refractivity contribution is 0.377. The van der Waals surface area contributed by atoms with Gasteiger partial charge in [-0.3, -0.25) is 0 Å². The van der Waals surface area contributed by atoms with E-state index in [2.05, 4.69) is 9.71 Å². The fraction of sp³-hybridized carbons (Fsp3) is 0.450. The van der Waals surface area contributed by atoms with Crippen LogP contribution in [0.3, 0.4) is 0 Å². The van der Waals surface area contributed by atoms with E-state index in [9.17, 15) is 25.6 Å². The van der Waals surface area contributed by atoms with Crippen LogP contribution in [-0.2, 0) is 20.0 Å². The van der Waals surface area contributed by atoms with E-state index in [1.165, 1.54) is 12.3 Å². The molecule has 176 valence electrons. The molecule has 0 amide bonds. The first-order chi connectivity index (χ1) is 15.1. The summed E-state index contributed by atoms with van der Waals surface area (Å²) in [6.07, 6.45) is 2.83. The molecule has 2 heterocycles. The minimum absolute atomic E-state index is 0.00786. The number of hydrogen-bond acceptors (Lipinski definition) is 6. The van der Waals surface area contributed by atoms with Crippen LogP contribution in [0.1, 0.15) is 26.7 Å². The number of pyridine rings is 1. The standard InChI is InChI=1S/C20H26F2N4O4S2/c1-3-5-15(2)24-31(27,28)16-8-9-19(23-14-16)25-10-12-26(13-11-25)32(29,30)20-17(21)6-4-7-18(20)22/h4,6-9,14-15,24H,3,5,10-13H2,1-2H3. The topological polar surface area (TPSA) is 99.7 Å². The zero-order chi connectivity index (χ0) is 23.5. The van der Waals surface area contributed by atoms with Crippen molar-refractivity contribution in [2.75, 3.05) is 31.1 Å². The van der Waals surface area contributed by atoms with E-state index in [0.29, 0.717) is 12.2 Å². The molecular formula is C20H26F2N4O4S2. The lowest BCUT2D eigenvalue weighted by atomic mass is 10.2. The van der Waals surface area contributed by atoms with E-state index in [0.717, 1.165) is 28.9 Å². The summed E-state index contributed by atoms with van der Waals surface area (Å²) in [6.45, 7) is 4.25. The summed E-state index contributed by atoms with van der Waals surface area (Å²) in [7, 11) is -8.01. The predicted octanol–water partition coefficient (Wildman–Crippen LogP) is 2.34. The van der Waals surface area contributed by atoms with Gasteiger partial charge in [-0.2, -0.15) is 4.31 Å². The maximum Gasteiger partial charge on any atom is 0.249 e. The van der Waals surface area contributed by atoms with Gasteiger partial charge in [0.15, 0.2) is 4.90 Å². The summed E-state index contributed by atoms with van der Waals surface area (Å²) in [6, 6.07) is 5.73. The molecular weight excluding hydrogens is 462 g/mol. The van der Waals surface area contributed by atoms with Gasteiger partial charge in [0.05, 0.1) is 0 Å². The molecule has 32 heavy (non-hydrogen) atoms. The number of nitrogens with one attached hydrogen (secondary N) is 1. The molecule has 8 nitrogen and oxygen atoms in total. The Morgan fingerprint density at radius 1 is 1.03 bits per heavy atom. The van der Waals surface area contributed by atoms with E-state index >= 15 is 0 Å². The number of nitrogens with zero attached hydrogens (tertiary/aromatic N) is 3. The molecule has 1 aromatic heterocycles. The lowest BCUT2D eigenvalue weighted by Crippen LogP contribution is -2.49. The summed E-state index contributed by atoms with van der Waals surface area (Å²) in [5, 5.41) is 0. The van der Waals surface area contributed by atoms with E-state index in [-0.39, 0.29) is 37.1 Å². The highest BCUT2D eigenvalue weighted by Crippen LogP contribution is 2.25. The SMILES string of the molecule is CCCC(C)NS(=O)(=O)c1ccc(N2CCN(S(=O)(=O)c3c(F)cccc3F)CC2)nc1. The summed E-state index contributed by atoms with van der Waals surface area (Å²) < 4.78 is 81.9. The number of sulfonamides is 2. The molecule has 1 aliphatic heterocycles. The molecule has 1 saturated heterocycles. The van der Waals surface area contributed by atoms with Gasteiger partial charge >= 0.3 is 0 Å². The van der Waals surface area contributed by atoms with Gasteiger partial charge in [0.1, 0.15) is 22.3 Å². The number of halogens is 2. The van der Waals surface area contributed by atoms with Gasteiger partial charge < -0.3 is 4.90 Å². The van der Waals surface area contributed by atoms with Crippen LogP contribution in [0.15, 0.2) is 46.3 Å². The number of anilines is 1. The Hall–Kier alpha value is -2.15. The Kier molecular flexibility index (Phi) is 7.48. The molecule has 0 bridgehead atoms. The van der Waals surface area contributed by atoms with Crippen LogP contribution >= 0.6 is 0 Å². The van der Waals surface area contributed by atoms with Crippen LogP contribution in [0.25, 0.3) is 0 Å². The third-order valence-corrected chi connectivity index (χ3v) is 8.71. The van der Waals surface area contributed by atoms with Gasteiger partial charge in [-0.1, -0.05) is 19.4 Å². The van der Waals surface area contributed by atoms with Crippen molar-refractivity contribution < 1.29 is 25.6 Å². The van der Waals surface area contributed by atoms with Gasteiger partial charge in [-0.05, 0) is 37.6 Å². The first kappa shape index (κ1) is 24.5. The molecule has 0 aliphatic carbocycles. The maximum atomic E-state index is 14.0. The normalized spacial score (nSPS) is 16.8. The monoisotopic (exact) mass is 488 g/mol. The number of piperazine rings is 1. The Balaban J connectivity index is 1.68. The van der Waals surface area contributed by atoms with Crippen LogP contribution in [0.2, 0.25) is 0 Å². The molecule has 0 radical (unpaired) electrons. The molecule has 1 N–H and O–H groups in total. The first-order valence-electron chi connectivity index (χ1n) is 10.2. The van der Waals surface area contributed by atoms with Crippen molar-refractivity contribution >= 4 is 25.9 Å². The second kappa shape index (κ2) is 9.77. The summed E-state index contributed by atoms with van der Waals surface area (Å²) in [5.74, 6) is -1.78. The lowest BCUT2D eigenvalue weighted by Gasteiger charge is -2.34. The van der Waals surface area contributed by atoms with Crippen LogP contribution in [0, 0.1) is 11.6 Å². The Bertz CT molecular complexity index is 1130. The van der Waals surface area contributed by atoms with Crippen LogP contribution in [0.5, 0.6) is 0 Å². The van der Waals surface area contributed by atoms with Crippen molar-refractivity contribution in [1.82, 2.24) is 14.0 Å². The summed E-state index contributed by atoms with van der Waals surface area (Å²) in [5.41, 5.74) is 0. The highest BCUT2D eigenvalue weighted by Gasteiger charge is 2.33. The van der Waals surface area contributed by atoms with Crippen molar-refractivity contribution in [1.29, 1.82) is 0 Å². The van der Waals surface area contributed by atoms with Gasteiger partial charge in [-0.15, -0.1) is 0 Å². The number of hydrogen-bond donors (Lipinski definition) is 1. The van der Waals surface area contributed by atoms with E-state index in [1.54, 1.807) is 17.9 Å². The van der Waals surface area contributed by atoms with Gasteiger partial charge in [0.25, 0.3) is 0 Å². The molecule has 0 spiro atoms. The Labute approximate surface area is 187 Å². The largest absolute Gasteiger partial charge is 0.354 e. The summed E-state index contributed by atoms with van der Waals surface area (Å²) >= 11 is 0. The third-order valence-electron chi connectivity index (χ3n) is 5.19. The molecule has 1 unspecified atom stereocenters. The zero-order valence-electron chi connectivity index (χ0n) is 17.8. The molecule has 1 aliphatic rings. The van der Waals surface area contributed by atoms with Crippen molar-refractivity contribution in [3.05, 3.63) is 48.2 Å². The molecule has 2 aromatic rings. The summed E-state index contributed by atoms with van der Waals surface area (Å²) in [4.78, 5) is 5.09. The number of aromatic nitrogens is 1. The average molecular weight is 489 g/mol. The molecule has 1 aromatic carbocycles. The van der Waals surface area contributed by atoms with Crippen LogP contribution < -0.4 is 9.62 Å². The molecule has 0 saturated carbocycles. The second-order valence-corrected chi connectivity index (χ2v) is 11.2. The quantitative estimate of drug-likeness (QED) is 0.612. The third kappa shape index (κ3) is 5.25. The van der Waals surface area contributed by atoms with Crippen LogP contribution in [0.4, 0.5) is 14.6 Å². The maximum absolute atomic E-state index is 14.0. The van der Waals surface area contributed by atoms with Crippen molar-refractivity contribution in [2.45, 2.75) is 42.5 Å². The molecule has 1 atom stereocenters. The Morgan fingerprint density at radius 2 is 1.66 bits per heavy atom. The predicted molar refractivity (Wildman–Crippen MR) is 116 cm³/mol. The highest BCUT2D eigenvalue weighted by atomic mass is 32.2. The number of benzene rings is 1. The fourth-order valence-electron chi connectivity index (χ4n) is 3.56.